The summed E-state index contributed by atoms with van der Waals surface area (Å²) in [6, 6.07) is 18.7. The van der Waals surface area contributed by atoms with Crippen molar-refractivity contribution in [3.05, 3.63) is 88.0 Å². The van der Waals surface area contributed by atoms with Crippen LogP contribution < -0.4 is 14.2 Å². The van der Waals surface area contributed by atoms with Crippen LogP contribution in [0.3, 0.4) is 0 Å². The predicted molar refractivity (Wildman–Crippen MR) is 178 cm³/mol. The van der Waals surface area contributed by atoms with Crippen LogP contribution in [0.15, 0.2) is 54.6 Å². The number of carbonyl (C=O) groups excluding carboxylic acids is 1. The van der Waals surface area contributed by atoms with Gasteiger partial charge in [-0.2, -0.15) is 0 Å². The van der Waals surface area contributed by atoms with Crippen molar-refractivity contribution in [2.75, 3.05) is 26.3 Å². The van der Waals surface area contributed by atoms with Crippen molar-refractivity contribution in [2.24, 2.45) is 0 Å². The molecule has 0 bridgehead atoms. The van der Waals surface area contributed by atoms with Crippen LogP contribution in [-0.4, -0.2) is 53.6 Å². The number of fused-ring (bicyclic) bond motifs is 1. The number of ether oxygens (including phenoxy) is 4. The van der Waals surface area contributed by atoms with E-state index in [-0.39, 0.29) is 16.4 Å². The number of carbonyl (C=O) groups is 1. The SMILES string of the molecule is CCOC(=O)C(Br)Cc1ccc(OC[C@@H]2CCCN2CC2(C)CCc3c(C)c(OCc4ccccc4)c(C)c(C)c3O2)cc1. The molecule has 7 heteroatoms. The molecule has 0 aliphatic carbocycles. The summed E-state index contributed by atoms with van der Waals surface area (Å²) in [5.74, 6) is 2.66. The van der Waals surface area contributed by atoms with Crippen LogP contribution >= 0.6 is 15.9 Å². The fourth-order valence-corrected chi connectivity index (χ4v) is 7.00. The molecule has 0 aromatic heterocycles. The summed E-state index contributed by atoms with van der Waals surface area (Å²) in [7, 11) is 0. The molecule has 2 aliphatic rings. The summed E-state index contributed by atoms with van der Waals surface area (Å²) in [5.41, 5.74) is 6.79. The summed E-state index contributed by atoms with van der Waals surface area (Å²) in [5, 5.41) is 0. The van der Waals surface area contributed by atoms with E-state index in [0.717, 1.165) is 60.7 Å². The average molecular weight is 665 g/mol. The van der Waals surface area contributed by atoms with Gasteiger partial charge in [-0.05, 0) is 113 Å². The van der Waals surface area contributed by atoms with Gasteiger partial charge < -0.3 is 18.9 Å². The van der Waals surface area contributed by atoms with Gasteiger partial charge >= 0.3 is 5.97 Å². The minimum absolute atomic E-state index is 0.230. The third-order valence-electron chi connectivity index (χ3n) is 9.15. The maximum atomic E-state index is 11.9. The number of hydrogen-bond acceptors (Lipinski definition) is 6. The molecule has 5 rings (SSSR count). The second-order valence-electron chi connectivity index (χ2n) is 12.5. The molecule has 3 aromatic carbocycles. The summed E-state index contributed by atoms with van der Waals surface area (Å²) in [4.78, 5) is 14.1. The van der Waals surface area contributed by atoms with Crippen molar-refractivity contribution < 1.29 is 23.7 Å². The Morgan fingerprint density at radius 3 is 2.50 bits per heavy atom. The molecular formula is C37H46BrNO5. The van der Waals surface area contributed by atoms with Crippen molar-refractivity contribution in [2.45, 2.75) is 89.8 Å². The van der Waals surface area contributed by atoms with E-state index in [1.165, 1.54) is 28.7 Å². The van der Waals surface area contributed by atoms with E-state index in [4.69, 9.17) is 18.9 Å². The highest BCUT2D eigenvalue weighted by atomic mass is 79.9. The van der Waals surface area contributed by atoms with Crippen LogP contribution in [0.4, 0.5) is 0 Å². The lowest BCUT2D eigenvalue weighted by Crippen LogP contribution is -2.50. The number of alkyl halides is 1. The average Bonchev–Trinajstić information content (AvgIpc) is 3.46. The zero-order chi connectivity index (χ0) is 31.3. The van der Waals surface area contributed by atoms with Gasteiger partial charge in [0.2, 0.25) is 0 Å². The molecule has 2 heterocycles. The number of halogens is 1. The molecule has 0 radical (unpaired) electrons. The molecule has 2 aliphatic heterocycles. The van der Waals surface area contributed by atoms with E-state index in [1.54, 1.807) is 0 Å². The molecule has 0 saturated carbocycles. The lowest BCUT2D eigenvalue weighted by atomic mass is 9.86. The number of hydrogen-bond donors (Lipinski definition) is 0. The van der Waals surface area contributed by atoms with E-state index in [9.17, 15) is 4.79 Å². The van der Waals surface area contributed by atoms with E-state index in [0.29, 0.717) is 32.3 Å². The van der Waals surface area contributed by atoms with Crippen LogP contribution in [0.2, 0.25) is 0 Å². The predicted octanol–water partition coefficient (Wildman–Crippen LogP) is 7.69. The van der Waals surface area contributed by atoms with Gasteiger partial charge in [-0.25, -0.2) is 0 Å². The molecule has 44 heavy (non-hydrogen) atoms. The smallest absolute Gasteiger partial charge is 0.320 e. The summed E-state index contributed by atoms with van der Waals surface area (Å²) >= 11 is 3.44. The Hall–Kier alpha value is -3.03. The minimum Gasteiger partial charge on any atom is -0.492 e. The molecular weight excluding hydrogens is 618 g/mol. The molecule has 0 N–H and O–H groups in total. The topological polar surface area (TPSA) is 57.2 Å². The van der Waals surface area contributed by atoms with Gasteiger partial charge in [0.05, 0.1) is 6.61 Å². The Bertz CT molecular complexity index is 1430. The lowest BCUT2D eigenvalue weighted by Gasteiger charge is -2.41. The van der Waals surface area contributed by atoms with Gasteiger partial charge in [-0.1, -0.05) is 58.4 Å². The first-order valence-corrected chi connectivity index (χ1v) is 16.8. The van der Waals surface area contributed by atoms with Crippen molar-refractivity contribution in [3.63, 3.8) is 0 Å². The molecule has 0 amide bonds. The van der Waals surface area contributed by atoms with E-state index < -0.39 is 0 Å². The summed E-state index contributed by atoms with van der Waals surface area (Å²) in [6.07, 6.45) is 4.81. The summed E-state index contributed by atoms with van der Waals surface area (Å²) in [6.45, 7) is 14.1. The highest BCUT2D eigenvalue weighted by Crippen LogP contribution is 2.44. The number of rotatable bonds is 12. The van der Waals surface area contributed by atoms with E-state index >= 15 is 0 Å². The Labute approximate surface area is 271 Å². The van der Waals surface area contributed by atoms with Crippen LogP contribution in [0, 0.1) is 20.8 Å². The monoisotopic (exact) mass is 663 g/mol. The second-order valence-corrected chi connectivity index (χ2v) is 13.6. The van der Waals surface area contributed by atoms with E-state index in [1.807, 2.05) is 37.3 Å². The number of esters is 1. The minimum atomic E-state index is -0.344. The first kappa shape index (κ1) is 32.4. The van der Waals surface area contributed by atoms with Gasteiger partial charge in [-0.15, -0.1) is 0 Å². The Morgan fingerprint density at radius 2 is 1.77 bits per heavy atom. The molecule has 6 nitrogen and oxygen atoms in total. The van der Waals surface area contributed by atoms with Gasteiger partial charge in [0.1, 0.15) is 40.9 Å². The van der Waals surface area contributed by atoms with Crippen molar-refractivity contribution in [3.8, 4) is 17.2 Å². The van der Waals surface area contributed by atoms with Crippen molar-refractivity contribution in [1.29, 1.82) is 0 Å². The highest BCUT2D eigenvalue weighted by molar-refractivity contribution is 9.10. The quantitative estimate of drug-likeness (QED) is 0.146. The Balaban J connectivity index is 1.19. The Morgan fingerprint density at radius 1 is 1.02 bits per heavy atom. The molecule has 2 unspecified atom stereocenters. The number of likely N-dealkylation sites (tertiary alicyclic amines) is 1. The van der Waals surface area contributed by atoms with Crippen molar-refractivity contribution >= 4 is 21.9 Å². The zero-order valence-corrected chi connectivity index (χ0v) is 28.4. The maximum Gasteiger partial charge on any atom is 0.320 e. The Kier molecular flexibility index (Phi) is 10.6. The number of benzene rings is 3. The lowest BCUT2D eigenvalue weighted by molar-refractivity contribution is -0.142. The van der Waals surface area contributed by atoms with Gasteiger partial charge in [0.15, 0.2) is 0 Å². The molecule has 3 aromatic rings. The normalized spacial score (nSPS) is 20.5. The van der Waals surface area contributed by atoms with Crippen LogP contribution in [0.1, 0.15) is 66.5 Å². The van der Waals surface area contributed by atoms with Crippen LogP contribution in [-0.2, 0) is 29.0 Å². The first-order valence-electron chi connectivity index (χ1n) is 15.9. The van der Waals surface area contributed by atoms with Gasteiger partial charge in [-0.3, -0.25) is 9.69 Å². The summed E-state index contributed by atoms with van der Waals surface area (Å²) < 4.78 is 24.6. The van der Waals surface area contributed by atoms with Crippen LogP contribution in [0.25, 0.3) is 0 Å². The van der Waals surface area contributed by atoms with Gasteiger partial charge in [0.25, 0.3) is 0 Å². The van der Waals surface area contributed by atoms with Crippen LogP contribution in [0.5, 0.6) is 17.2 Å². The molecule has 3 atom stereocenters. The highest BCUT2D eigenvalue weighted by Gasteiger charge is 2.39. The zero-order valence-electron chi connectivity index (χ0n) is 26.8. The number of nitrogens with zero attached hydrogens (tertiary/aromatic N) is 1. The molecule has 0 spiro atoms. The fourth-order valence-electron chi connectivity index (χ4n) is 6.50. The molecule has 1 saturated heterocycles. The van der Waals surface area contributed by atoms with E-state index in [2.05, 4.69) is 72.8 Å². The van der Waals surface area contributed by atoms with Gasteiger partial charge in [0, 0.05) is 18.2 Å². The third kappa shape index (κ3) is 7.60. The fraction of sp³-hybridized carbons (Fsp3) is 0.486. The largest absolute Gasteiger partial charge is 0.492 e. The second kappa shape index (κ2) is 14.4. The van der Waals surface area contributed by atoms with Crippen molar-refractivity contribution in [1.82, 2.24) is 4.90 Å². The first-order chi connectivity index (χ1) is 21.2. The molecule has 236 valence electrons. The maximum absolute atomic E-state index is 11.9. The molecule has 1 fully saturated rings. The third-order valence-corrected chi connectivity index (χ3v) is 9.85. The standard InChI is InChI=1S/C37H46BrNO5/c1-6-41-36(40)33(38)21-28-14-16-31(17-15-28)42-23-30-13-10-20-39(30)24-37(5)19-18-32-27(4)34(25(2)26(3)35(32)44-37)43-22-29-11-8-7-9-12-29/h7-9,11-12,14-17,30,33H,6,10,13,18-24H2,1-5H3/t30-,33?,37?/m0/s1.